The number of carbonyl (C=O) groups is 2. The molecule has 2 amide bonds. The van der Waals surface area contributed by atoms with Gasteiger partial charge in [0.05, 0.1) is 11.9 Å². The van der Waals surface area contributed by atoms with Crippen LogP contribution >= 0.6 is 0 Å². The molecule has 0 unspecified atom stereocenters. The van der Waals surface area contributed by atoms with E-state index in [2.05, 4.69) is 19.9 Å². The van der Waals surface area contributed by atoms with Crippen LogP contribution in [0, 0.1) is 11.8 Å². The second-order valence-corrected chi connectivity index (χ2v) is 8.11. The van der Waals surface area contributed by atoms with Gasteiger partial charge >= 0.3 is 0 Å². The fraction of sp³-hybridized carbons (Fsp3) is 0.571. The Hall–Kier alpha value is -2.77. The highest BCUT2D eigenvalue weighted by Crippen LogP contribution is 2.25. The van der Waals surface area contributed by atoms with E-state index >= 15 is 0 Å². The summed E-state index contributed by atoms with van der Waals surface area (Å²) in [5.74, 6) is 1.55. The molecule has 4 heterocycles. The molecule has 0 aliphatic carbocycles. The van der Waals surface area contributed by atoms with Crippen LogP contribution < -0.4 is 0 Å². The Balaban J connectivity index is 1.31. The van der Waals surface area contributed by atoms with E-state index in [-0.39, 0.29) is 17.7 Å². The molecule has 1 N–H and O–H groups in total. The number of likely N-dealkylation sites (tertiary alicyclic amines) is 2. The molecular formula is C21H28N6O2. The van der Waals surface area contributed by atoms with Crippen molar-refractivity contribution in [2.45, 2.75) is 39.0 Å². The fourth-order valence-electron chi connectivity index (χ4n) is 4.41. The average Bonchev–Trinajstić information content (AvgIpc) is 3.29. The molecule has 0 bridgehead atoms. The minimum absolute atomic E-state index is 0.0525. The Morgan fingerprint density at radius 3 is 2.55 bits per heavy atom. The number of amides is 2. The topological polar surface area (TPSA) is 95.1 Å². The Labute approximate surface area is 170 Å². The first-order chi connectivity index (χ1) is 14.1. The summed E-state index contributed by atoms with van der Waals surface area (Å²) in [4.78, 5) is 44.6. The average molecular weight is 396 g/mol. The van der Waals surface area contributed by atoms with Crippen molar-refractivity contribution in [1.29, 1.82) is 0 Å². The highest BCUT2D eigenvalue weighted by molar-refractivity contribution is 5.80. The number of H-pyrrole nitrogens is 1. The van der Waals surface area contributed by atoms with Gasteiger partial charge in [0.25, 0.3) is 0 Å². The summed E-state index contributed by atoms with van der Waals surface area (Å²) >= 11 is 0. The molecule has 1 atom stereocenters. The van der Waals surface area contributed by atoms with E-state index in [1.807, 2.05) is 16.0 Å². The normalized spacial score (nSPS) is 20.7. The number of piperidine rings is 2. The lowest BCUT2D eigenvalue weighted by Gasteiger charge is -2.37. The van der Waals surface area contributed by atoms with Crippen molar-refractivity contribution in [3.8, 4) is 11.5 Å². The quantitative estimate of drug-likeness (QED) is 0.852. The number of rotatable bonds is 4. The maximum absolute atomic E-state index is 13.0. The first-order valence-corrected chi connectivity index (χ1v) is 10.4. The Morgan fingerprint density at radius 1 is 1.07 bits per heavy atom. The van der Waals surface area contributed by atoms with E-state index < -0.39 is 0 Å². The van der Waals surface area contributed by atoms with Crippen molar-refractivity contribution < 1.29 is 9.59 Å². The minimum Gasteiger partial charge on any atom is -0.343 e. The van der Waals surface area contributed by atoms with Crippen LogP contribution in [-0.2, 0) is 16.0 Å². The Kier molecular flexibility index (Phi) is 5.87. The number of carbonyl (C=O) groups excluding carboxylic acids is 2. The molecular weight excluding hydrogens is 368 g/mol. The monoisotopic (exact) mass is 396 g/mol. The summed E-state index contributed by atoms with van der Waals surface area (Å²) in [5.41, 5.74) is 1.69. The SMILES string of the molecule is CC(=O)N1CCC(C(=O)N2CCC[C@H](Cc3cnc(-c4ncc[nH]4)cn3)C2)CC1. The van der Waals surface area contributed by atoms with Crippen LogP contribution in [-0.4, -0.2) is 67.7 Å². The number of hydrogen-bond acceptors (Lipinski definition) is 5. The Bertz CT molecular complexity index is 827. The van der Waals surface area contributed by atoms with Gasteiger partial charge in [0.2, 0.25) is 11.8 Å². The highest BCUT2D eigenvalue weighted by Gasteiger charge is 2.32. The van der Waals surface area contributed by atoms with Gasteiger partial charge in [0, 0.05) is 57.6 Å². The lowest BCUT2D eigenvalue weighted by atomic mass is 9.90. The van der Waals surface area contributed by atoms with Crippen molar-refractivity contribution in [2.24, 2.45) is 11.8 Å². The number of hydrogen-bond donors (Lipinski definition) is 1. The highest BCUT2D eigenvalue weighted by atomic mass is 16.2. The van der Waals surface area contributed by atoms with E-state index in [0.29, 0.717) is 24.8 Å². The van der Waals surface area contributed by atoms with Gasteiger partial charge in [-0.2, -0.15) is 0 Å². The van der Waals surface area contributed by atoms with Crippen LogP contribution in [0.25, 0.3) is 11.5 Å². The molecule has 0 spiro atoms. The molecule has 154 valence electrons. The summed E-state index contributed by atoms with van der Waals surface area (Å²) in [6, 6.07) is 0. The first-order valence-electron chi connectivity index (χ1n) is 10.4. The molecule has 4 rings (SSSR count). The van der Waals surface area contributed by atoms with Crippen molar-refractivity contribution in [1.82, 2.24) is 29.7 Å². The van der Waals surface area contributed by atoms with Crippen LogP contribution in [0.4, 0.5) is 0 Å². The molecule has 8 nitrogen and oxygen atoms in total. The minimum atomic E-state index is 0.0525. The zero-order valence-corrected chi connectivity index (χ0v) is 16.9. The molecule has 2 aromatic heterocycles. The van der Waals surface area contributed by atoms with Crippen LogP contribution in [0.1, 0.15) is 38.3 Å². The van der Waals surface area contributed by atoms with Crippen LogP contribution in [0.15, 0.2) is 24.8 Å². The van der Waals surface area contributed by atoms with Gasteiger partial charge in [-0.1, -0.05) is 0 Å². The molecule has 2 fully saturated rings. The van der Waals surface area contributed by atoms with Crippen molar-refractivity contribution in [3.05, 3.63) is 30.5 Å². The molecule has 2 aromatic rings. The van der Waals surface area contributed by atoms with E-state index in [9.17, 15) is 9.59 Å². The van der Waals surface area contributed by atoms with Gasteiger partial charge in [0.15, 0.2) is 5.82 Å². The van der Waals surface area contributed by atoms with Gasteiger partial charge in [0.1, 0.15) is 5.69 Å². The zero-order valence-electron chi connectivity index (χ0n) is 16.9. The molecule has 0 saturated carbocycles. The van der Waals surface area contributed by atoms with Gasteiger partial charge in [-0.15, -0.1) is 0 Å². The molecule has 0 aromatic carbocycles. The molecule has 8 heteroatoms. The first kappa shape index (κ1) is 19.5. The van der Waals surface area contributed by atoms with Crippen molar-refractivity contribution >= 4 is 11.8 Å². The summed E-state index contributed by atoms with van der Waals surface area (Å²) in [6.07, 6.45) is 11.6. The number of imidazole rings is 1. The summed E-state index contributed by atoms with van der Waals surface area (Å²) in [7, 11) is 0. The second-order valence-electron chi connectivity index (χ2n) is 8.11. The summed E-state index contributed by atoms with van der Waals surface area (Å²) in [6.45, 7) is 4.61. The summed E-state index contributed by atoms with van der Waals surface area (Å²) in [5, 5.41) is 0. The van der Waals surface area contributed by atoms with Crippen LogP contribution in [0.5, 0.6) is 0 Å². The lowest BCUT2D eigenvalue weighted by molar-refractivity contribution is -0.141. The van der Waals surface area contributed by atoms with E-state index in [0.717, 1.165) is 56.6 Å². The maximum atomic E-state index is 13.0. The van der Waals surface area contributed by atoms with Gasteiger partial charge in [-0.25, -0.2) is 9.97 Å². The number of nitrogens with one attached hydrogen (secondary N) is 1. The van der Waals surface area contributed by atoms with E-state index in [1.54, 1.807) is 25.5 Å². The van der Waals surface area contributed by atoms with Gasteiger partial charge in [-0.05, 0) is 38.0 Å². The molecule has 2 aliphatic rings. The summed E-state index contributed by atoms with van der Waals surface area (Å²) < 4.78 is 0. The predicted molar refractivity (Wildman–Crippen MR) is 108 cm³/mol. The van der Waals surface area contributed by atoms with Crippen molar-refractivity contribution in [3.63, 3.8) is 0 Å². The Morgan fingerprint density at radius 2 is 1.90 bits per heavy atom. The maximum Gasteiger partial charge on any atom is 0.225 e. The molecule has 2 aliphatic heterocycles. The molecule has 29 heavy (non-hydrogen) atoms. The lowest BCUT2D eigenvalue weighted by Crippen LogP contribution is -2.47. The van der Waals surface area contributed by atoms with Crippen LogP contribution in [0.3, 0.4) is 0 Å². The van der Waals surface area contributed by atoms with Crippen LogP contribution in [0.2, 0.25) is 0 Å². The standard InChI is InChI=1S/C21H28N6O2/c1-15(28)26-9-4-17(5-10-26)21(29)27-8-2-3-16(14-27)11-18-12-25-19(13-24-18)20-22-6-7-23-20/h6-7,12-13,16-17H,2-5,8-11,14H2,1H3,(H,22,23)/t16-/m1/s1. The predicted octanol–water partition coefficient (Wildman–Crippen LogP) is 1.91. The smallest absolute Gasteiger partial charge is 0.225 e. The van der Waals surface area contributed by atoms with E-state index in [4.69, 9.17) is 0 Å². The molecule has 2 saturated heterocycles. The number of aromatic amines is 1. The van der Waals surface area contributed by atoms with E-state index in [1.165, 1.54) is 0 Å². The number of nitrogens with zero attached hydrogens (tertiary/aromatic N) is 5. The fourth-order valence-corrected chi connectivity index (χ4v) is 4.41. The third kappa shape index (κ3) is 4.63. The third-order valence-electron chi connectivity index (χ3n) is 6.06. The number of aromatic nitrogens is 4. The van der Waals surface area contributed by atoms with Gasteiger partial charge < -0.3 is 14.8 Å². The third-order valence-corrected chi connectivity index (χ3v) is 6.06. The molecule has 0 radical (unpaired) electrons. The second kappa shape index (κ2) is 8.71. The largest absolute Gasteiger partial charge is 0.343 e. The van der Waals surface area contributed by atoms with Crippen molar-refractivity contribution in [2.75, 3.05) is 26.2 Å². The zero-order chi connectivity index (χ0) is 20.2. The van der Waals surface area contributed by atoms with Gasteiger partial charge in [-0.3, -0.25) is 14.6 Å².